The Morgan fingerprint density at radius 3 is 2.53 bits per heavy atom. The summed E-state index contributed by atoms with van der Waals surface area (Å²) in [6.45, 7) is 4.63. The van der Waals surface area contributed by atoms with E-state index in [-0.39, 0.29) is 25.7 Å². The first-order chi connectivity index (χ1) is 8.91. The molecule has 0 heterocycles. The monoisotopic (exact) mass is 267 g/mol. The van der Waals surface area contributed by atoms with Gasteiger partial charge in [-0.3, -0.25) is 4.79 Å². The lowest BCUT2D eigenvalue weighted by Crippen LogP contribution is -2.53. The van der Waals surface area contributed by atoms with Gasteiger partial charge in [0.05, 0.1) is 18.8 Å². The van der Waals surface area contributed by atoms with Crippen molar-refractivity contribution in [2.75, 3.05) is 19.8 Å². The number of rotatable bonds is 6. The molecule has 0 aromatic heterocycles. The normalized spacial score (nSPS) is 11.2. The van der Waals surface area contributed by atoms with E-state index in [4.69, 9.17) is 14.9 Å². The largest absolute Gasteiger partial charge is 0.483 e. The highest BCUT2D eigenvalue weighted by molar-refractivity contribution is 5.78. The summed E-state index contributed by atoms with van der Waals surface area (Å²) in [6.07, 6.45) is 0. The molecule has 0 aliphatic heterocycles. The Morgan fingerprint density at radius 1 is 1.32 bits per heavy atom. The highest BCUT2D eigenvalue weighted by Crippen LogP contribution is 2.20. The number of hydrogen-bond acceptors (Lipinski definition) is 4. The molecule has 19 heavy (non-hydrogen) atoms. The molecule has 0 fully saturated rings. The van der Waals surface area contributed by atoms with Crippen LogP contribution in [0.5, 0.6) is 5.75 Å². The predicted octanol–water partition coefficient (Wildman–Crippen LogP) is 0.542. The van der Waals surface area contributed by atoms with Crippen LogP contribution in [-0.4, -0.2) is 41.5 Å². The number of amides is 1. The van der Waals surface area contributed by atoms with Crippen molar-refractivity contribution in [1.82, 2.24) is 5.32 Å². The molecular formula is C14H21NO4. The first kappa shape index (κ1) is 15.5. The van der Waals surface area contributed by atoms with Crippen LogP contribution in [0.15, 0.2) is 18.2 Å². The van der Waals surface area contributed by atoms with Crippen molar-refractivity contribution in [3.05, 3.63) is 29.3 Å². The van der Waals surface area contributed by atoms with Gasteiger partial charge in [-0.15, -0.1) is 0 Å². The van der Waals surface area contributed by atoms with Gasteiger partial charge in [-0.05, 0) is 38.0 Å². The third-order valence-electron chi connectivity index (χ3n) is 3.05. The van der Waals surface area contributed by atoms with E-state index in [1.807, 2.05) is 26.0 Å². The van der Waals surface area contributed by atoms with E-state index in [9.17, 15) is 4.79 Å². The average Bonchev–Trinajstić information content (AvgIpc) is 2.40. The van der Waals surface area contributed by atoms with Gasteiger partial charge in [0, 0.05) is 0 Å². The van der Waals surface area contributed by atoms with Crippen molar-refractivity contribution in [3.63, 3.8) is 0 Å². The van der Waals surface area contributed by atoms with Crippen LogP contribution in [0.1, 0.15) is 18.1 Å². The molecule has 0 bridgehead atoms. The van der Waals surface area contributed by atoms with Crippen LogP contribution in [0.2, 0.25) is 0 Å². The summed E-state index contributed by atoms with van der Waals surface area (Å²) in [5.74, 6) is 0.274. The Morgan fingerprint density at radius 2 is 1.95 bits per heavy atom. The highest BCUT2D eigenvalue weighted by atomic mass is 16.5. The summed E-state index contributed by atoms with van der Waals surface area (Å²) >= 11 is 0. The molecule has 0 radical (unpaired) electrons. The van der Waals surface area contributed by atoms with Crippen molar-refractivity contribution in [3.8, 4) is 5.75 Å². The quantitative estimate of drug-likeness (QED) is 0.703. The van der Waals surface area contributed by atoms with Crippen LogP contribution in [0.3, 0.4) is 0 Å². The first-order valence-electron chi connectivity index (χ1n) is 6.13. The summed E-state index contributed by atoms with van der Waals surface area (Å²) < 4.78 is 5.44. The molecule has 5 heteroatoms. The van der Waals surface area contributed by atoms with E-state index < -0.39 is 5.54 Å². The zero-order valence-electron chi connectivity index (χ0n) is 11.6. The van der Waals surface area contributed by atoms with Crippen LogP contribution in [0.4, 0.5) is 0 Å². The fraction of sp³-hybridized carbons (Fsp3) is 0.500. The number of ether oxygens (including phenoxy) is 1. The number of nitrogens with one attached hydrogen (secondary N) is 1. The molecule has 0 aliphatic carbocycles. The van der Waals surface area contributed by atoms with E-state index in [0.717, 1.165) is 11.1 Å². The lowest BCUT2D eigenvalue weighted by Gasteiger charge is -2.26. The highest BCUT2D eigenvalue weighted by Gasteiger charge is 2.24. The molecular weight excluding hydrogens is 246 g/mol. The van der Waals surface area contributed by atoms with Gasteiger partial charge in [-0.25, -0.2) is 0 Å². The van der Waals surface area contributed by atoms with Gasteiger partial charge >= 0.3 is 0 Å². The van der Waals surface area contributed by atoms with Crippen molar-refractivity contribution in [2.45, 2.75) is 26.3 Å². The average molecular weight is 267 g/mol. The smallest absolute Gasteiger partial charge is 0.258 e. The molecule has 1 rings (SSSR count). The molecule has 0 saturated carbocycles. The SMILES string of the molecule is Cc1cccc(OCC(=O)NC(C)(CO)CO)c1C. The molecule has 0 unspecified atom stereocenters. The maximum absolute atomic E-state index is 11.7. The molecule has 1 amide bonds. The number of hydrogen-bond donors (Lipinski definition) is 3. The lowest BCUT2D eigenvalue weighted by molar-refractivity contribution is -0.126. The van der Waals surface area contributed by atoms with Crippen molar-refractivity contribution in [1.29, 1.82) is 0 Å². The molecule has 1 aromatic rings. The third-order valence-corrected chi connectivity index (χ3v) is 3.05. The first-order valence-corrected chi connectivity index (χ1v) is 6.13. The number of benzene rings is 1. The summed E-state index contributed by atoms with van der Waals surface area (Å²) in [4.78, 5) is 11.7. The minimum absolute atomic E-state index is 0.153. The molecule has 0 aliphatic rings. The maximum atomic E-state index is 11.7. The molecule has 0 spiro atoms. The van der Waals surface area contributed by atoms with Crippen molar-refractivity contribution < 1.29 is 19.7 Å². The molecule has 106 valence electrons. The van der Waals surface area contributed by atoms with Gasteiger partial charge in [-0.2, -0.15) is 0 Å². The Kier molecular flexibility index (Phi) is 5.32. The molecule has 1 aromatic carbocycles. The van der Waals surface area contributed by atoms with E-state index in [2.05, 4.69) is 5.32 Å². The van der Waals surface area contributed by atoms with Crippen LogP contribution in [0, 0.1) is 13.8 Å². The maximum Gasteiger partial charge on any atom is 0.258 e. The van der Waals surface area contributed by atoms with Gasteiger partial charge in [0.1, 0.15) is 5.75 Å². The van der Waals surface area contributed by atoms with E-state index in [1.165, 1.54) is 0 Å². The van der Waals surface area contributed by atoms with Gasteiger partial charge < -0.3 is 20.3 Å². The zero-order chi connectivity index (χ0) is 14.5. The van der Waals surface area contributed by atoms with E-state index in [1.54, 1.807) is 13.0 Å². The fourth-order valence-electron chi connectivity index (χ4n) is 1.53. The van der Waals surface area contributed by atoms with Crippen molar-refractivity contribution in [2.24, 2.45) is 0 Å². The second kappa shape index (κ2) is 6.54. The van der Waals surface area contributed by atoms with Gasteiger partial charge in [0.2, 0.25) is 0 Å². The Balaban J connectivity index is 2.57. The molecule has 0 saturated heterocycles. The predicted molar refractivity (Wildman–Crippen MR) is 72.1 cm³/mol. The minimum Gasteiger partial charge on any atom is -0.483 e. The van der Waals surface area contributed by atoms with E-state index >= 15 is 0 Å². The van der Waals surface area contributed by atoms with Crippen LogP contribution in [0.25, 0.3) is 0 Å². The molecule has 0 atom stereocenters. The number of carbonyl (C=O) groups excluding carboxylic acids is 1. The summed E-state index contributed by atoms with van der Waals surface area (Å²) in [5, 5.41) is 20.7. The summed E-state index contributed by atoms with van der Waals surface area (Å²) in [7, 11) is 0. The fourth-order valence-corrected chi connectivity index (χ4v) is 1.53. The second-order valence-electron chi connectivity index (χ2n) is 4.91. The van der Waals surface area contributed by atoms with Crippen LogP contribution in [-0.2, 0) is 4.79 Å². The minimum atomic E-state index is -1.03. The van der Waals surface area contributed by atoms with Gasteiger partial charge in [0.15, 0.2) is 6.61 Å². The number of aliphatic hydroxyl groups excluding tert-OH is 2. The van der Waals surface area contributed by atoms with Gasteiger partial charge in [-0.1, -0.05) is 12.1 Å². The summed E-state index contributed by atoms with van der Waals surface area (Å²) in [5.41, 5.74) is 1.05. The Bertz CT molecular complexity index is 441. The topological polar surface area (TPSA) is 78.8 Å². The van der Waals surface area contributed by atoms with Gasteiger partial charge in [0.25, 0.3) is 5.91 Å². The van der Waals surface area contributed by atoms with Crippen molar-refractivity contribution >= 4 is 5.91 Å². The lowest BCUT2D eigenvalue weighted by atomic mass is 10.1. The zero-order valence-corrected chi connectivity index (χ0v) is 11.6. The number of aliphatic hydroxyl groups is 2. The number of carbonyl (C=O) groups is 1. The Hall–Kier alpha value is -1.59. The van der Waals surface area contributed by atoms with Crippen LogP contribution >= 0.6 is 0 Å². The summed E-state index contributed by atoms with van der Waals surface area (Å²) in [6, 6.07) is 5.63. The Labute approximate surface area is 113 Å². The van der Waals surface area contributed by atoms with E-state index in [0.29, 0.717) is 5.75 Å². The number of aryl methyl sites for hydroxylation is 1. The third kappa shape index (κ3) is 4.22. The molecule has 5 nitrogen and oxygen atoms in total. The molecule has 3 N–H and O–H groups in total. The standard InChI is InChI=1S/C14H21NO4/c1-10-5-4-6-12(11(10)2)19-7-13(18)15-14(3,8-16)9-17/h4-6,16-17H,7-9H2,1-3H3,(H,15,18). The second-order valence-corrected chi connectivity index (χ2v) is 4.91. The van der Waals surface area contributed by atoms with Crippen LogP contribution < -0.4 is 10.1 Å².